The molecule has 2 aliphatic rings. The molecule has 138 valence electrons. The van der Waals surface area contributed by atoms with Crippen LogP contribution in [0.15, 0.2) is 10.5 Å². The van der Waals surface area contributed by atoms with Gasteiger partial charge < -0.3 is 24.8 Å². The number of piperidine rings is 1. The number of methoxy groups -OCH3 is 1. The highest BCUT2D eigenvalue weighted by atomic mass is 79.9. The third kappa shape index (κ3) is 4.22. The Bertz CT molecular complexity index is 644. The number of nitrogens with one attached hydrogen (secondary N) is 2. The van der Waals surface area contributed by atoms with Crippen molar-refractivity contribution in [1.29, 1.82) is 0 Å². The van der Waals surface area contributed by atoms with Crippen LogP contribution in [0.5, 0.6) is 11.5 Å². The summed E-state index contributed by atoms with van der Waals surface area (Å²) >= 11 is 9.66. The van der Waals surface area contributed by atoms with Crippen molar-refractivity contribution in [2.24, 2.45) is 5.92 Å². The second kappa shape index (κ2) is 8.58. The molecule has 0 radical (unpaired) electrons. The Hall–Kier alpha value is -1.02. The molecule has 2 heterocycles. The fourth-order valence-electron chi connectivity index (χ4n) is 3.15. The van der Waals surface area contributed by atoms with Crippen molar-refractivity contribution in [3.63, 3.8) is 0 Å². The van der Waals surface area contributed by atoms with E-state index in [0.717, 1.165) is 25.9 Å². The third-order valence-corrected chi connectivity index (χ3v) is 5.86. The number of ether oxygens (including phenoxy) is 3. The highest BCUT2D eigenvalue weighted by Gasteiger charge is 2.28. The first-order valence-corrected chi connectivity index (χ1v) is 9.58. The molecule has 25 heavy (non-hydrogen) atoms. The van der Waals surface area contributed by atoms with Crippen LogP contribution in [0, 0.1) is 5.92 Å². The zero-order valence-corrected chi connectivity index (χ0v) is 16.4. The van der Waals surface area contributed by atoms with E-state index in [1.165, 1.54) is 0 Å². The van der Waals surface area contributed by atoms with Gasteiger partial charge in [0.15, 0.2) is 11.5 Å². The Morgan fingerprint density at radius 3 is 2.96 bits per heavy atom. The van der Waals surface area contributed by atoms with Gasteiger partial charge in [-0.3, -0.25) is 4.79 Å². The Labute approximate surface area is 160 Å². The Morgan fingerprint density at radius 2 is 2.20 bits per heavy atom. The van der Waals surface area contributed by atoms with Crippen molar-refractivity contribution in [2.75, 3.05) is 40.0 Å². The molecule has 2 N–H and O–H groups in total. The predicted molar refractivity (Wildman–Crippen MR) is 98.9 cm³/mol. The van der Waals surface area contributed by atoms with Crippen LogP contribution in [0.3, 0.4) is 0 Å². The number of hydrogen-bond acceptors (Lipinski definition) is 5. The van der Waals surface area contributed by atoms with E-state index in [1.54, 1.807) is 13.2 Å². The fourth-order valence-corrected chi connectivity index (χ4v) is 3.75. The normalized spacial score (nSPS) is 23.0. The minimum Gasteiger partial charge on any atom is -0.489 e. The molecular weight excluding hydrogens is 412 g/mol. The van der Waals surface area contributed by atoms with Crippen molar-refractivity contribution in [3.05, 3.63) is 21.1 Å². The fraction of sp³-hybridized carbons (Fsp3) is 0.588. The number of carbonyl (C=O) groups is 1. The summed E-state index contributed by atoms with van der Waals surface area (Å²) < 4.78 is 17.6. The summed E-state index contributed by atoms with van der Waals surface area (Å²) in [7, 11) is 1.70. The number of fused-ring (bicyclic) bond motifs is 1. The molecule has 1 amide bonds. The first kappa shape index (κ1) is 18.8. The number of carbonyl (C=O) groups excluding carboxylic acids is 1. The molecule has 0 aromatic heterocycles. The second-order valence-electron chi connectivity index (χ2n) is 6.17. The summed E-state index contributed by atoms with van der Waals surface area (Å²) in [4.78, 5) is 12.8. The van der Waals surface area contributed by atoms with Gasteiger partial charge in [0, 0.05) is 32.5 Å². The predicted octanol–water partition coefficient (Wildman–Crippen LogP) is 2.62. The van der Waals surface area contributed by atoms with Crippen LogP contribution in [-0.4, -0.2) is 52.0 Å². The number of halogens is 2. The zero-order valence-electron chi connectivity index (χ0n) is 14.1. The van der Waals surface area contributed by atoms with Gasteiger partial charge in [-0.2, -0.15) is 0 Å². The second-order valence-corrected chi connectivity index (χ2v) is 7.37. The van der Waals surface area contributed by atoms with Crippen LogP contribution in [0.1, 0.15) is 23.2 Å². The van der Waals surface area contributed by atoms with Gasteiger partial charge in [0.05, 0.1) is 34.4 Å². The molecule has 2 atom stereocenters. The number of benzene rings is 1. The van der Waals surface area contributed by atoms with E-state index in [1.807, 2.05) is 0 Å². The number of hydrogen-bond donors (Lipinski definition) is 2. The van der Waals surface area contributed by atoms with E-state index >= 15 is 0 Å². The van der Waals surface area contributed by atoms with Gasteiger partial charge in [-0.1, -0.05) is 11.6 Å². The van der Waals surface area contributed by atoms with E-state index in [4.69, 9.17) is 25.8 Å². The molecule has 0 aliphatic carbocycles. The van der Waals surface area contributed by atoms with E-state index < -0.39 is 0 Å². The molecule has 0 bridgehead atoms. The van der Waals surface area contributed by atoms with Crippen molar-refractivity contribution in [1.82, 2.24) is 10.6 Å². The van der Waals surface area contributed by atoms with Gasteiger partial charge in [-0.25, -0.2) is 0 Å². The lowest BCUT2D eigenvalue weighted by Gasteiger charge is -2.31. The van der Waals surface area contributed by atoms with Crippen LogP contribution in [0.4, 0.5) is 0 Å². The first-order valence-electron chi connectivity index (χ1n) is 8.41. The van der Waals surface area contributed by atoms with Gasteiger partial charge in [0.2, 0.25) is 0 Å². The van der Waals surface area contributed by atoms with Gasteiger partial charge >= 0.3 is 0 Å². The lowest BCUT2D eigenvalue weighted by atomic mass is 9.95. The Morgan fingerprint density at radius 1 is 1.44 bits per heavy atom. The standard InChI is InChI=1S/C17H22BrClN2O4/c1-23-13-9-20-4-3-10(13)8-21-17(22)11-7-12(19)14(18)16-15(11)24-5-2-6-25-16/h7,10,13,20H,2-6,8-9H2,1H3,(H,21,22)/t10-,13+/m0/s1. The van der Waals surface area contributed by atoms with Crippen LogP contribution in [0.25, 0.3) is 0 Å². The maximum atomic E-state index is 12.8. The van der Waals surface area contributed by atoms with Gasteiger partial charge in [0.1, 0.15) is 0 Å². The summed E-state index contributed by atoms with van der Waals surface area (Å²) in [5.41, 5.74) is 0.396. The van der Waals surface area contributed by atoms with Gasteiger partial charge in [-0.15, -0.1) is 0 Å². The first-order chi connectivity index (χ1) is 12.1. The maximum absolute atomic E-state index is 12.8. The van der Waals surface area contributed by atoms with Crippen molar-refractivity contribution in [3.8, 4) is 11.5 Å². The highest BCUT2D eigenvalue weighted by Crippen LogP contribution is 2.44. The van der Waals surface area contributed by atoms with Crippen molar-refractivity contribution in [2.45, 2.75) is 18.9 Å². The topological polar surface area (TPSA) is 68.8 Å². The van der Waals surface area contributed by atoms with Crippen LogP contribution < -0.4 is 20.1 Å². The third-order valence-electron chi connectivity index (χ3n) is 4.55. The molecule has 2 aliphatic heterocycles. The molecule has 0 spiro atoms. The highest BCUT2D eigenvalue weighted by molar-refractivity contribution is 9.10. The smallest absolute Gasteiger partial charge is 0.255 e. The molecule has 3 rings (SSSR count). The molecule has 1 saturated heterocycles. The lowest BCUT2D eigenvalue weighted by Crippen LogP contribution is -2.46. The number of rotatable bonds is 4. The quantitative estimate of drug-likeness (QED) is 0.764. The monoisotopic (exact) mass is 432 g/mol. The molecule has 0 saturated carbocycles. The molecule has 6 nitrogen and oxygen atoms in total. The van der Waals surface area contributed by atoms with E-state index in [2.05, 4.69) is 26.6 Å². The largest absolute Gasteiger partial charge is 0.489 e. The SMILES string of the molecule is CO[C@@H]1CNCC[C@H]1CNC(=O)c1cc(Cl)c(Br)c2c1OCCCO2. The number of amides is 1. The van der Waals surface area contributed by atoms with Gasteiger partial charge in [0.25, 0.3) is 5.91 Å². The molecule has 1 aromatic carbocycles. The Kier molecular flexibility index (Phi) is 6.44. The lowest BCUT2D eigenvalue weighted by molar-refractivity contribution is 0.0338. The van der Waals surface area contributed by atoms with Crippen molar-refractivity contribution < 1.29 is 19.0 Å². The summed E-state index contributed by atoms with van der Waals surface area (Å²) in [5, 5.41) is 6.72. The average molecular weight is 434 g/mol. The molecule has 1 fully saturated rings. The van der Waals surface area contributed by atoms with Crippen LogP contribution >= 0.6 is 27.5 Å². The average Bonchev–Trinajstić information content (AvgIpc) is 2.89. The molecule has 0 unspecified atom stereocenters. The van der Waals surface area contributed by atoms with Gasteiger partial charge in [-0.05, 0) is 35.0 Å². The summed E-state index contributed by atoms with van der Waals surface area (Å²) in [5.74, 6) is 0.994. The van der Waals surface area contributed by atoms with E-state index in [0.29, 0.717) is 46.3 Å². The summed E-state index contributed by atoms with van der Waals surface area (Å²) in [6.45, 7) is 3.30. The molecule has 1 aromatic rings. The van der Waals surface area contributed by atoms with E-state index in [9.17, 15) is 4.79 Å². The minimum atomic E-state index is -0.218. The maximum Gasteiger partial charge on any atom is 0.255 e. The van der Waals surface area contributed by atoms with E-state index in [-0.39, 0.29) is 17.9 Å². The zero-order chi connectivity index (χ0) is 17.8. The van der Waals surface area contributed by atoms with Crippen LogP contribution in [0.2, 0.25) is 5.02 Å². The van der Waals surface area contributed by atoms with Crippen LogP contribution in [-0.2, 0) is 4.74 Å². The molecular formula is C17H22BrClN2O4. The summed E-state index contributed by atoms with van der Waals surface area (Å²) in [6.07, 6.45) is 1.81. The Balaban J connectivity index is 1.76. The van der Waals surface area contributed by atoms with Crippen molar-refractivity contribution >= 4 is 33.4 Å². The summed E-state index contributed by atoms with van der Waals surface area (Å²) in [6, 6.07) is 1.62. The minimum absolute atomic E-state index is 0.0965. The molecule has 8 heteroatoms.